The molecular formula is C16H13F4NO4. The van der Waals surface area contributed by atoms with Gasteiger partial charge in [-0.15, -0.1) is 0 Å². The van der Waals surface area contributed by atoms with E-state index in [0.717, 1.165) is 0 Å². The number of alkyl halides is 3. The maximum absolute atomic E-state index is 13.7. The van der Waals surface area contributed by atoms with Crippen LogP contribution in [-0.4, -0.2) is 24.2 Å². The number of hydrogen-bond donors (Lipinski definition) is 0. The van der Waals surface area contributed by atoms with E-state index in [1.165, 1.54) is 38.3 Å². The van der Waals surface area contributed by atoms with Crippen molar-refractivity contribution in [3.05, 3.63) is 47.9 Å². The van der Waals surface area contributed by atoms with Gasteiger partial charge >= 0.3 is 12.1 Å². The zero-order valence-corrected chi connectivity index (χ0v) is 13.1. The van der Waals surface area contributed by atoms with Gasteiger partial charge in [-0.2, -0.15) is 13.2 Å². The van der Waals surface area contributed by atoms with Crippen LogP contribution >= 0.6 is 0 Å². The molecule has 0 bridgehead atoms. The SMILES string of the molecule is COC(=O)C(C)Oc1ccc(Oc2ncc(C(F)(F)F)cc2F)cc1. The highest BCUT2D eigenvalue weighted by molar-refractivity contribution is 5.74. The van der Waals surface area contributed by atoms with Crippen molar-refractivity contribution in [2.75, 3.05) is 7.11 Å². The first kappa shape index (κ1) is 18.5. The third-order valence-corrected chi connectivity index (χ3v) is 3.02. The Morgan fingerprint density at radius 1 is 1.16 bits per heavy atom. The summed E-state index contributed by atoms with van der Waals surface area (Å²) < 4.78 is 66.0. The van der Waals surface area contributed by atoms with E-state index in [9.17, 15) is 22.4 Å². The van der Waals surface area contributed by atoms with Crippen molar-refractivity contribution in [1.82, 2.24) is 4.98 Å². The molecule has 1 unspecified atom stereocenters. The fourth-order valence-corrected chi connectivity index (χ4v) is 1.77. The standard InChI is InChI=1S/C16H13F4NO4/c1-9(15(22)23-2)24-11-3-5-12(6-4-11)25-14-13(17)7-10(8-21-14)16(18,19)20/h3-9H,1-2H3. The van der Waals surface area contributed by atoms with Gasteiger partial charge in [-0.1, -0.05) is 0 Å². The maximum atomic E-state index is 13.7. The number of ether oxygens (including phenoxy) is 3. The fourth-order valence-electron chi connectivity index (χ4n) is 1.77. The van der Waals surface area contributed by atoms with Crippen LogP contribution in [0.4, 0.5) is 17.6 Å². The normalized spacial score (nSPS) is 12.4. The van der Waals surface area contributed by atoms with E-state index < -0.39 is 35.5 Å². The number of methoxy groups -OCH3 is 1. The highest BCUT2D eigenvalue weighted by Crippen LogP contribution is 2.32. The zero-order chi connectivity index (χ0) is 18.6. The van der Waals surface area contributed by atoms with Crippen molar-refractivity contribution in [2.45, 2.75) is 19.2 Å². The van der Waals surface area contributed by atoms with Gasteiger partial charge < -0.3 is 14.2 Å². The van der Waals surface area contributed by atoms with Gasteiger partial charge in [-0.25, -0.2) is 14.2 Å². The lowest BCUT2D eigenvalue weighted by molar-refractivity contribution is -0.148. The summed E-state index contributed by atoms with van der Waals surface area (Å²) in [6.07, 6.45) is -5.04. The molecule has 5 nitrogen and oxygen atoms in total. The molecule has 0 saturated heterocycles. The Kier molecular flexibility index (Phi) is 5.45. The lowest BCUT2D eigenvalue weighted by atomic mass is 10.2. The number of halogens is 4. The Labute approximate surface area is 140 Å². The number of aromatic nitrogens is 1. The van der Waals surface area contributed by atoms with E-state index in [2.05, 4.69) is 9.72 Å². The molecule has 0 saturated carbocycles. The summed E-state index contributed by atoms with van der Waals surface area (Å²) in [6, 6.07) is 5.96. The minimum atomic E-state index is -4.69. The van der Waals surface area contributed by atoms with Crippen LogP contribution in [0.15, 0.2) is 36.5 Å². The van der Waals surface area contributed by atoms with Crippen molar-refractivity contribution in [3.8, 4) is 17.4 Å². The molecule has 0 N–H and O–H groups in total. The summed E-state index contributed by atoms with van der Waals surface area (Å²) in [4.78, 5) is 14.6. The highest BCUT2D eigenvalue weighted by atomic mass is 19.4. The van der Waals surface area contributed by atoms with Gasteiger partial charge in [-0.3, -0.25) is 0 Å². The predicted octanol–water partition coefficient (Wildman–Crippen LogP) is 3.97. The number of rotatable bonds is 5. The zero-order valence-electron chi connectivity index (χ0n) is 13.1. The Morgan fingerprint density at radius 3 is 2.28 bits per heavy atom. The van der Waals surface area contributed by atoms with E-state index in [4.69, 9.17) is 9.47 Å². The van der Waals surface area contributed by atoms with E-state index in [1.54, 1.807) is 0 Å². The lowest BCUT2D eigenvalue weighted by Crippen LogP contribution is -2.24. The van der Waals surface area contributed by atoms with E-state index in [1.807, 2.05) is 0 Å². The van der Waals surface area contributed by atoms with Crippen LogP contribution in [-0.2, 0) is 15.7 Å². The molecular weight excluding hydrogens is 346 g/mol. The summed E-state index contributed by atoms with van der Waals surface area (Å²) in [6.45, 7) is 1.50. The van der Waals surface area contributed by atoms with Crippen LogP contribution in [0.1, 0.15) is 12.5 Å². The number of carbonyl (C=O) groups is 1. The van der Waals surface area contributed by atoms with Gasteiger partial charge in [0.1, 0.15) is 11.5 Å². The molecule has 25 heavy (non-hydrogen) atoms. The van der Waals surface area contributed by atoms with Crippen LogP contribution < -0.4 is 9.47 Å². The molecule has 1 atom stereocenters. The monoisotopic (exact) mass is 359 g/mol. The molecule has 0 fully saturated rings. The number of pyridine rings is 1. The Hall–Kier alpha value is -2.84. The Morgan fingerprint density at radius 2 is 1.76 bits per heavy atom. The molecule has 134 valence electrons. The van der Waals surface area contributed by atoms with Gasteiger partial charge in [0.25, 0.3) is 5.88 Å². The van der Waals surface area contributed by atoms with Crippen LogP contribution in [0.2, 0.25) is 0 Å². The van der Waals surface area contributed by atoms with Crippen molar-refractivity contribution in [3.63, 3.8) is 0 Å². The summed E-state index contributed by atoms with van der Waals surface area (Å²) in [5, 5.41) is 0. The molecule has 9 heteroatoms. The molecule has 0 aliphatic rings. The smallest absolute Gasteiger partial charge is 0.417 e. The number of esters is 1. The third kappa shape index (κ3) is 4.82. The highest BCUT2D eigenvalue weighted by Gasteiger charge is 2.32. The van der Waals surface area contributed by atoms with Crippen LogP contribution in [0.5, 0.6) is 17.4 Å². The molecule has 1 aromatic heterocycles. The Balaban J connectivity index is 2.08. The number of hydrogen-bond acceptors (Lipinski definition) is 5. The second-order valence-corrected chi connectivity index (χ2v) is 4.87. The van der Waals surface area contributed by atoms with E-state index >= 15 is 0 Å². The molecule has 1 aromatic carbocycles. The fraction of sp³-hybridized carbons (Fsp3) is 0.250. The van der Waals surface area contributed by atoms with Crippen LogP contribution in [0, 0.1) is 5.82 Å². The topological polar surface area (TPSA) is 57.7 Å². The largest absolute Gasteiger partial charge is 0.479 e. The molecule has 0 amide bonds. The molecule has 2 aromatic rings. The number of carbonyl (C=O) groups excluding carboxylic acids is 1. The van der Waals surface area contributed by atoms with Crippen molar-refractivity contribution >= 4 is 5.97 Å². The average molecular weight is 359 g/mol. The first-order valence-electron chi connectivity index (χ1n) is 6.96. The first-order chi connectivity index (χ1) is 11.7. The lowest BCUT2D eigenvalue weighted by Gasteiger charge is -2.13. The average Bonchev–Trinajstić information content (AvgIpc) is 2.56. The van der Waals surface area contributed by atoms with E-state index in [0.29, 0.717) is 18.0 Å². The van der Waals surface area contributed by atoms with Gasteiger partial charge in [0.05, 0.1) is 12.7 Å². The molecule has 0 spiro atoms. The van der Waals surface area contributed by atoms with Crippen LogP contribution in [0.25, 0.3) is 0 Å². The Bertz CT molecular complexity index is 747. The van der Waals surface area contributed by atoms with Gasteiger partial charge in [-0.05, 0) is 37.3 Å². The third-order valence-electron chi connectivity index (χ3n) is 3.02. The predicted molar refractivity (Wildman–Crippen MR) is 77.8 cm³/mol. The van der Waals surface area contributed by atoms with Crippen LogP contribution in [0.3, 0.4) is 0 Å². The summed E-state index contributed by atoms with van der Waals surface area (Å²) in [7, 11) is 1.23. The maximum Gasteiger partial charge on any atom is 0.417 e. The molecule has 0 aliphatic carbocycles. The minimum Gasteiger partial charge on any atom is -0.479 e. The van der Waals surface area contributed by atoms with Crippen molar-refractivity contribution < 1.29 is 36.6 Å². The number of benzene rings is 1. The second-order valence-electron chi connectivity index (χ2n) is 4.87. The molecule has 1 heterocycles. The first-order valence-corrected chi connectivity index (χ1v) is 6.96. The minimum absolute atomic E-state index is 0.129. The van der Waals surface area contributed by atoms with Gasteiger partial charge in [0, 0.05) is 6.20 Å². The van der Waals surface area contributed by atoms with Crippen molar-refractivity contribution in [1.29, 1.82) is 0 Å². The molecule has 0 aliphatic heterocycles. The summed E-state index contributed by atoms with van der Waals surface area (Å²) in [5.74, 6) is -1.94. The second kappa shape index (κ2) is 7.37. The van der Waals surface area contributed by atoms with Gasteiger partial charge in [0.15, 0.2) is 11.9 Å². The quantitative estimate of drug-likeness (QED) is 0.597. The molecule has 2 rings (SSSR count). The summed E-state index contributed by atoms with van der Waals surface area (Å²) in [5.41, 5.74) is -1.21. The number of nitrogens with zero attached hydrogens (tertiary/aromatic N) is 1. The van der Waals surface area contributed by atoms with E-state index in [-0.39, 0.29) is 5.75 Å². The van der Waals surface area contributed by atoms with Gasteiger partial charge in [0.2, 0.25) is 0 Å². The molecule has 0 radical (unpaired) electrons. The summed E-state index contributed by atoms with van der Waals surface area (Å²) >= 11 is 0. The van der Waals surface area contributed by atoms with Crippen molar-refractivity contribution in [2.24, 2.45) is 0 Å².